The fraction of sp³-hybridized carbons (Fsp3) is 0.217. The predicted molar refractivity (Wildman–Crippen MR) is 115 cm³/mol. The number of amides is 1. The van der Waals surface area contributed by atoms with Crippen LogP contribution in [0.2, 0.25) is 0 Å². The lowest BCUT2D eigenvalue weighted by atomic mass is 10.1. The van der Waals surface area contributed by atoms with E-state index in [-0.39, 0.29) is 11.3 Å². The molecule has 2 aromatic carbocycles. The van der Waals surface area contributed by atoms with E-state index >= 15 is 0 Å². The highest BCUT2D eigenvalue weighted by molar-refractivity contribution is 6.05. The molecule has 5 rings (SSSR count). The van der Waals surface area contributed by atoms with E-state index in [0.29, 0.717) is 23.1 Å². The van der Waals surface area contributed by atoms with Gasteiger partial charge in [-0.25, -0.2) is 9.67 Å². The zero-order valence-electron chi connectivity index (χ0n) is 17.5. The lowest BCUT2D eigenvalue weighted by Crippen LogP contribution is -2.13. The molecule has 2 N–H and O–H groups in total. The lowest BCUT2D eigenvalue weighted by Gasteiger charge is -2.10. The van der Waals surface area contributed by atoms with Crippen molar-refractivity contribution >= 4 is 11.6 Å². The van der Waals surface area contributed by atoms with Crippen molar-refractivity contribution in [2.24, 2.45) is 0 Å². The molecule has 1 aliphatic rings. The van der Waals surface area contributed by atoms with Gasteiger partial charge in [-0.05, 0) is 62.2 Å². The van der Waals surface area contributed by atoms with Gasteiger partial charge < -0.3 is 5.32 Å². The molecule has 4 aromatic rings. The largest absolute Gasteiger partial charge is 0.416 e. The number of carbonyl (C=O) groups excluding carboxylic acids is 1. The summed E-state index contributed by atoms with van der Waals surface area (Å²) in [5.41, 5.74) is 1.52. The third-order valence-electron chi connectivity index (χ3n) is 5.54. The number of hydrogen-bond donors (Lipinski definition) is 2. The summed E-state index contributed by atoms with van der Waals surface area (Å²) in [6.07, 6.45) is -0.868. The molecule has 1 saturated carbocycles. The first-order chi connectivity index (χ1) is 15.8. The standard InChI is InChI=1S/C23H19F3N6O/c1-13-19(12-27-32(13)18-4-2-3-16(11-18)23(24,25)26)22(33)28-17-9-7-15(8-10-17)21-29-20(30-31-21)14-5-6-14/h2-4,7-12,14H,5-6H2,1H3,(H,28,33)(H,29,30,31). The fourth-order valence-electron chi connectivity index (χ4n) is 3.55. The van der Waals surface area contributed by atoms with Gasteiger partial charge >= 0.3 is 6.18 Å². The van der Waals surface area contributed by atoms with Crippen LogP contribution < -0.4 is 5.32 Å². The minimum absolute atomic E-state index is 0.225. The maximum Gasteiger partial charge on any atom is 0.416 e. The Hall–Kier alpha value is -3.95. The predicted octanol–water partition coefficient (Wildman–Crippen LogP) is 5.11. The number of hydrogen-bond acceptors (Lipinski definition) is 4. The van der Waals surface area contributed by atoms with Gasteiger partial charge in [0.15, 0.2) is 5.82 Å². The van der Waals surface area contributed by atoms with E-state index < -0.39 is 17.6 Å². The molecule has 168 valence electrons. The van der Waals surface area contributed by atoms with Crippen molar-refractivity contribution in [1.29, 1.82) is 0 Å². The molecule has 1 amide bonds. The summed E-state index contributed by atoms with van der Waals surface area (Å²) in [5.74, 6) is 1.57. The van der Waals surface area contributed by atoms with Crippen molar-refractivity contribution < 1.29 is 18.0 Å². The van der Waals surface area contributed by atoms with Crippen molar-refractivity contribution in [1.82, 2.24) is 25.0 Å². The summed E-state index contributed by atoms with van der Waals surface area (Å²) in [4.78, 5) is 17.3. The van der Waals surface area contributed by atoms with Crippen molar-refractivity contribution in [3.63, 3.8) is 0 Å². The molecule has 10 heteroatoms. The molecule has 0 unspecified atom stereocenters. The van der Waals surface area contributed by atoms with E-state index in [4.69, 9.17) is 0 Å². The van der Waals surface area contributed by atoms with Gasteiger partial charge in [0, 0.05) is 17.2 Å². The van der Waals surface area contributed by atoms with Crippen molar-refractivity contribution in [2.45, 2.75) is 31.9 Å². The van der Waals surface area contributed by atoms with Crippen molar-refractivity contribution in [2.75, 3.05) is 5.32 Å². The maximum atomic E-state index is 13.0. The number of aromatic amines is 1. The van der Waals surface area contributed by atoms with Crippen LogP contribution in [-0.4, -0.2) is 30.9 Å². The SMILES string of the molecule is Cc1c(C(=O)Nc2ccc(-c3n[nH]c(C4CC4)n3)cc2)cnn1-c1cccc(C(F)(F)F)c1. The number of nitrogens with zero attached hydrogens (tertiary/aromatic N) is 4. The first-order valence-corrected chi connectivity index (χ1v) is 10.4. The van der Waals surface area contributed by atoms with Crippen molar-refractivity contribution in [3.05, 3.63) is 77.4 Å². The van der Waals surface area contributed by atoms with E-state index in [2.05, 4.69) is 25.6 Å². The molecule has 33 heavy (non-hydrogen) atoms. The number of aromatic nitrogens is 5. The number of anilines is 1. The summed E-state index contributed by atoms with van der Waals surface area (Å²) < 4.78 is 40.4. The minimum atomic E-state index is -4.46. The van der Waals surface area contributed by atoms with Gasteiger partial charge in [-0.2, -0.15) is 23.4 Å². The maximum absolute atomic E-state index is 13.0. The number of benzene rings is 2. The monoisotopic (exact) mass is 452 g/mol. The Bertz CT molecular complexity index is 1320. The Morgan fingerprint density at radius 3 is 2.61 bits per heavy atom. The van der Waals surface area contributed by atoms with Crippen LogP contribution in [0.1, 0.15) is 46.2 Å². The van der Waals surface area contributed by atoms with Crippen LogP contribution in [0.4, 0.5) is 18.9 Å². The number of carbonyl (C=O) groups is 1. The number of rotatable bonds is 5. The summed E-state index contributed by atoms with van der Waals surface area (Å²) in [6, 6.07) is 11.9. The van der Waals surface area contributed by atoms with E-state index in [1.807, 2.05) is 12.1 Å². The minimum Gasteiger partial charge on any atom is -0.322 e. The molecule has 0 spiro atoms. The molecule has 0 saturated heterocycles. The van der Waals surface area contributed by atoms with Crippen LogP contribution in [-0.2, 0) is 6.18 Å². The van der Waals surface area contributed by atoms with Gasteiger partial charge in [0.1, 0.15) is 5.82 Å². The van der Waals surface area contributed by atoms with E-state index in [1.54, 1.807) is 19.1 Å². The van der Waals surface area contributed by atoms with Gasteiger partial charge in [-0.3, -0.25) is 9.89 Å². The number of H-pyrrole nitrogens is 1. The molecule has 1 fully saturated rings. The first-order valence-electron chi connectivity index (χ1n) is 10.4. The number of halogens is 3. The van der Waals surface area contributed by atoms with Crippen LogP contribution >= 0.6 is 0 Å². The van der Waals surface area contributed by atoms with Gasteiger partial charge in [-0.1, -0.05) is 6.07 Å². The third kappa shape index (κ3) is 4.23. The second kappa shape index (κ2) is 7.88. The van der Waals surface area contributed by atoms with Crippen LogP contribution in [0, 0.1) is 6.92 Å². The normalized spacial score (nSPS) is 13.8. The number of alkyl halides is 3. The molecule has 0 radical (unpaired) electrons. The van der Waals surface area contributed by atoms with Crippen LogP contribution in [0.5, 0.6) is 0 Å². The molecule has 0 atom stereocenters. The fourth-order valence-corrected chi connectivity index (χ4v) is 3.55. The highest BCUT2D eigenvalue weighted by Gasteiger charge is 2.31. The molecule has 2 aromatic heterocycles. The molecule has 7 nitrogen and oxygen atoms in total. The van der Waals surface area contributed by atoms with E-state index in [9.17, 15) is 18.0 Å². The van der Waals surface area contributed by atoms with Gasteiger partial charge in [0.2, 0.25) is 0 Å². The van der Waals surface area contributed by atoms with Gasteiger partial charge in [0.05, 0.1) is 28.7 Å². The average Bonchev–Trinajstić information content (AvgIpc) is 3.39. The molecule has 2 heterocycles. The molecular weight excluding hydrogens is 433 g/mol. The molecule has 0 aliphatic heterocycles. The Labute approximate surface area is 186 Å². The molecule has 0 bridgehead atoms. The van der Waals surface area contributed by atoms with Crippen molar-refractivity contribution in [3.8, 4) is 17.1 Å². The first kappa shape index (κ1) is 20.9. The highest BCUT2D eigenvalue weighted by Crippen LogP contribution is 2.38. The second-order valence-corrected chi connectivity index (χ2v) is 7.95. The zero-order valence-corrected chi connectivity index (χ0v) is 17.5. The smallest absolute Gasteiger partial charge is 0.322 e. The van der Waals surface area contributed by atoms with Crippen LogP contribution in [0.3, 0.4) is 0 Å². The van der Waals surface area contributed by atoms with Gasteiger partial charge in [0.25, 0.3) is 5.91 Å². The molecule has 1 aliphatic carbocycles. The lowest BCUT2D eigenvalue weighted by molar-refractivity contribution is -0.137. The highest BCUT2D eigenvalue weighted by atomic mass is 19.4. The Balaban J connectivity index is 1.32. The summed E-state index contributed by atoms with van der Waals surface area (Å²) in [7, 11) is 0. The third-order valence-corrected chi connectivity index (χ3v) is 5.54. The molecular formula is C23H19F3N6O. The average molecular weight is 452 g/mol. The summed E-state index contributed by atoms with van der Waals surface area (Å²) in [6.45, 7) is 1.63. The Morgan fingerprint density at radius 1 is 1.15 bits per heavy atom. The summed E-state index contributed by atoms with van der Waals surface area (Å²) >= 11 is 0. The zero-order chi connectivity index (χ0) is 23.2. The van der Waals surface area contributed by atoms with E-state index in [1.165, 1.54) is 23.0 Å². The Kier molecular flexibility index (Phi) is 4.99. The summed E-state index contributed by atoms with van der Waals surface area (Å²) in [5, 5.41) is 14.1. The quantitative estimate of drug-likeness (QED) is 0.440. The topological polar surface area (TPSA) is 88.5 Å². The second-order valence-electron chi connectivity index (χ2n) is 7.95. The van der Waals surface area contributed by atoms with Crippen LogP contribution in [0.25, 0.3) is 17.1 Å². The van der Waals surface area contributed by atoms with E-state index in [0.717, 1.165) is 36.4 Å². The van der Waals surface area contributed by atoms with Gasteiger partial charge in [-0.15, -0.1) is 0 Å². The Morgan fingerprint density at radius 2 is 1.91 bits per heavy atom. The number of nitrogens with one attached hydrogen (secondary N) is 2. The van der Waals surface area contributed by atoms with Crippen LogP contribution in [0.15, 0.2) is 54.7 Å².